The van der Waals surface area contributed by atoms with Crippen LogP contribution < -0.4 is 9.62 Å². The van der Waals surface area contributed by atoms with Gasteiger partial charge in [0.05, 0.1) is 25.0 Å². The van der Waals surface area contributed by atoms with Crippen LogP contribution in [-0.4, -0.2) is 46.3 Å². The van der Waals surface area contributed by atoms with Crippen molar-refractivity contribution in [1.29, 1.82) is 0 Å². The summed E-state index contributed by atoms with van der Waals surface area (Å²) in [6.45, 7) is 9.02. The molecule has 0 spiro atoms. The Morgan fingerprint density at radius 2 is 1.80 bits per heavy atom. The van der Waals surface area contributed by atoms with Gasteiger partial charge in [-0.15, -0.1) is 0 Å². The van der Waals surface area contributed by atoms with Gasteiger partial charge in [-0.05, 0) is 48.3 Å². The highest BCUT2D eigenvalue weighted by molar-refractivity contribution is 7.89. The van der Waals surface area contributed by atoms with Gasteiger partial charge in [0.2, 0.25) is 10.0 Å². The summed E-state index contributed by atoms with van der Waals surface area (Å²) in [5.74, 6) is 0.245. The Balaban J connectivity index is 1.54. The second kappa shape index (κ2) is 9.02. The van der Waals surface area contributed by atoms with Crippen LogP contribution >= 0.6 is 0 Å². The van der Waals surface area contributed by atoms with Gasteiger partial charge in [-0.3, -0.25) is 4.79 Å². The molecule has 2 aliphatic carbocycles. The molecule has 6 nitrogen and oxygen atoms in total. The van der Waals surface area contributed by atoms with Crippen LogP contribution in [0, 0.1) is 23.7 Å². The van der Waals surface area contributed by atoms with Crippen molar-refractivity contribution < 1.29 is 17.9 Å². The first-order valence-electron chi connectivity index (χ1n) is 12.7. The zero-order valence-corrected chi connectivity index (χ0v) is 21.7. The summed E-state index contributed by atoms with van der Waals surface area (Å²) in [5, 5.41) is 0. The number of nitrogens with one attached hydrogen (secondary N) is 1. The molecule has 2 aromatic carbocycles. The number of carbonyl (C=O) groups is 1. The number of hydrogen-bond donors (Lipinski definition) is 1. The molecule has 2 bridgehead atoms. The third-order valence-corrected chi connectivity index (χ3v) is 10.4. The second-order valence-electron chi connectivity index (χ2n) is 11.0. The molecule has 3 atom stereocenters. The van der Waals surface area contributed by atoms with Crippen molar-refractivity contribution in [3.05, 3.63) is 65.2 Å². The first-order valence-corrected chi connectivity index (χ1v) is 14.3. The van der Waals surface area contributed by atoms with Crippen molar-refractivity contribution in [2.24, 2.45) is 16.7 Å². The predicted molar refractivity (Wildman–Crippen MR) is 138 cm³/mol. The number of morpholine rings is 1. The Kier molecular flexibility index (Phi) is 6.31. The number of benzene rings is 2. The number of anilines is 1. The van der Waals surface area contributed by atoms with Gasteiger partial charge in [-0.2, -0.15) is 0 Å². The third-order valence-electron chi connectivity index (χ3n) is 8.95. The summed E-state index contributed by atoms with van der Waals surface area (Å²) in [5.41, 5.74) is 2.80. The summed E-state index contributed by atoms with van der Waals surface area (Å²) in [6.07, 6.45) is 2.09. The van der Waals surface area contributed by atoms with E-state index in [0.717, 1.165) is 41.9 Å². The molecule has 1 aliphatic heterocycles. The number of hydrogen-bond acceptors (Lipinski definition) is 5. The van der Waals surface area contributed by atoms with Gasteiger partial charge in [0.15, 0.2) is 0 Å². The van der Waals surface area contributed by atoms with E-state index in [1.54, 1.807) is 0 Å². The van der Waals surface area contributed by atoms with E-state index in [4.69, 9.17) is 4.74 Å². The molecule has 1 N–H and O–H groups in total. The lowest BCUT2D eigenvalue weighted by Gasteiger charge is -2.37. The van der Waals surface area contributed by atoms with Crippen LogP contribution in [0.4, 0.5) is 5.69 Å². The molecule has 188 valence electrons. The van der Waals surface area contributed by atoms with Crippen molar-refractivity contribution in [3.63, 3.8) is 0 Å². The Bertz CT molecular complexity index is 1200. The Labute approximate surface area is 209 Å². The molecule has 1 unspecified atom stereocenters. The van der Waals surface area contributed by atoms with Crippen LogP contribution in [0.25, 0.3) is 0 Å². The number of carbonyl (C=O) groups excluding carboxylic acids is 1. The molecule has 0 aromatic heterocycles. The molecule has 0 amide bonds. The fourth-order valence-electron chi connectivity index (χ4n) is 6.71. The molecule has 1 saturated heterocycles. The average Bonchev–Trinajstić information content (AvgIpc) is 3.18. The molecular weight excluding hydrogens is 460 g/mol. The normalized spacial score (nSPS) is 26.8. The first kappa shape index (κ1) is 24.5. The van der Waals surface area contributed by atoms with E-state index >= 15 is 0 Å². The maximum Gasteiger partial charge on any atom is 0.213 e. The lowest BCUT2D eigenvalue weighted by molar-refractivity contribution is -0.128. The zero-order valence-electron chi connectivity index (χ0n) is 20.9. The van der Waals surface area contributed by atoms with Crippen molar-refractivity contribution in [3.8, 4) is 0 Å². The lowest BCUT2D eigenvalue weighted by atomic mass is 9.70. The van der Waals surface area contributed by atoms with Crippen molar-refractivity contribution >= 4 is 21.5 Å². The maximum absolute atomic E-state index is 13.9. The molecule has 1 heterocycles. The standard InChI is InChI=1S/C28H36N2O4S/c1-20-8-7-11-23(30-14-16-34-17-15-30)25(20)26(21-9-5-4-6-10-21)29-35(32,33)19-28-13-12-22(18-24(28)31)27(28,2)3/h4-11,22,26,29H,12-19H2,1-3H3/t22?,26-,28+/m1/s1. The number of ether oxygens (including phenoxy) is 1. The Morgan fingerprint density at radius 1 is 1.09 bits per heavy atom. The summed E-state index contributed by atoms with van der Waals surface area (Å²) in [4.78, 5) is 15.4. The van der Waals surface area contributed by atoms with Gasteiger partial charge >= 0.3 is 0 Å². The molecule has 0 radical (unpaired) electrons. The Hall–Kier alpha value is -2.22. The number of aryl methyl sites for hydroxylation is 1. The van der Waals surface area contributed by atoms with Gasteiger partial charge in [-0.25, -0.2) is 13.1 Å². The molecule has 3 fully saturated rings. The van der Waals surface area contributed by atoms with E-state index in [-0.39, 0.29) is 22.9 Å². The van der Waals surface area contributed by atoms with Crippen molar-refractivity contribution in [2.45, 2.75) is 46.1 Å². The SMILES string of the molecule is Cc1cccc(N2CCOCC2)c1[C@H](NS(=O)(=O)C[C@@]12CCC(CC1=O)C2(C)C)c1ccccc1. The van der Waals surface area contributed by atoms with E-state index < -0.39 is 21.5 Å². The molecular formula is C28H36N2O4S. The van der Waals surface area contributed by atoms with Gasteiger partial charge in [0.1, 0.15) is 5.78 Å². The monoisotopic (exact) mass is 496 g/mol. The second-order valence-corrected chi connectivity index (χ2v) is 12.7. The molecule has 35 heavy (non-hydrogen) atoms. The lowest BCUT2D eigenvalue weighted by Crippen LogP contribution is -2.46. The van der Waals surface area contributed by atoms with Crippen LogP contribution in [0.3, 0.4) is 0 Å². The minimum atomic E-state index is -3.79. The smallest absolute Gasteiger partial charge is 0.213 e. The number of ketones is 1. The van der Waals surface area contributed by atoms with Gasteiger partial charge in [-0.1, -0.05) is 56.3 Å². The van der Waals surface area contributed by atoms with Gasteiger partial charge in [0.25, 0.3) is 0 Å². The quantitative estimate of drug-likeness (QED) is 0.621. The van der Waals surface area contributed by atoms with Gasteiger partial charge in [0, 0.05) is 36.2 Å². The van der Waals surface area contributed by atoms with E-state index in [0.29, 0.717) is 26.1 Å². The topological polar surface area (TPSA) is 75.7 Å². The average molecular weight is 497 g/mol. The highest BCUT2D eigenvalue weighted by Gasteiger charge is 2.65. The summed E-state index contributed by atoms with van der Waals surface area (Å²) in [7, 11) is -3.79. The summed E-state index contributed by atoms with van der Waals surface area (Å²) in [6, 6.07) is 15.3. The predicted octanol–water partition coefficient (Wildman–Crippen LogP) is 4.24. The minimum Gasteiger partial charge on any atom is -0.378 e. The number of sulfonamides is 1. The van der Waals surface area contributed by atoms with Crippen LogP contribution in [0.2, 0.25) is 0 Å². The van der Waals surface area contributed by atoms with Crippen LogP contribution in [0.5, 0.6) is 0 Å². The molecule has 7 heteroatoms. The van der Waals surface area contributed by atoms with Crippen LogP contribution in [-0.2, 0) is 19.6 Å². The van der Waals surface area contributed by atoms with Crippen molar-refractivity contribution in [2.75, 3.05) is 37.0 Å². The van der Waals surface area contributed by atoms with E-state index in [1.165, 1.54) is 0 Å². The number of nitrogens with zero attached hydrogens (tertiary/aromatic N) is 1. The number of fused-ring (bicyclic) bond motifs is 2. The number of Topliss-reactive ketones (excluding diaryl/α,β-unsaturated/α-hetero) is 1. The largest absolute Gasteiger partial charge is 0.378 e. The highest BCUT2D eigenvalue weighted by atomic mass is 32.2. The van der Waals surface area contributed by atoms with E-state index in [2.05, 4.69) is 29.5 Å². The fraction of sp³-hybridized carbons (Fsp3) is 0.536. The number of rotatable bonds is 7. The van der Waals surface area contributed by atoms with Gasteiger partial charge < -0.3 is 9.64 Å². The van der Waals surface area contributed by atoms with Crippen LogP contribution in [0.15, 0.2) is 48.5 Å². The first-order chi connectivity index (χ1) is 16.6. The Morgan fingerprint density at radius 3 is 2.43 bits per heavy atom. The third kappa shape index (κ3) is 4.21. The fourth-order valence-corrected chi connectivity index (χ4v) is 8.74. The van der Waals surface area contributed by atoms with E-state index in [9.17, 15) is 13.2 Å². The molecule has 2 saturated carbocycles. The summed E-state index contributed by atoms with van der Waals surface area (Å²) >= 11 is 0. The molecule has 3 aliphatic rings. The van der Waals surface area contributed by atoms with Crippen molar-refractivity contribution in [1.82, 2.24) is 4.72 Å². The highest BCUT2D eigenvalue weighted by Crippen LogP contribution is 2.64. The zero-order chi connectivity index (χ0) is 24.8. The summed E-state index contributed by atoms with van der Waals surface area (Å²) < 4.78 is 36.4. The minimum absolute atomic E-state index is 0.116. The van der Waals surface area contributed by atoms with E-state index in [1.807, 2.05) is 49.4 Å². The molecule has 2 aromatic rings. The van der Waals surface area contributed by atoms with Crippen LogP contribution in [0.1, 0.15) is 55.8 Å². The molecule has 5 rings (SSSR count). The maximum atomic E-state index is 13.9.